The lowest BCUT2D eigenvalue weighted by Crippen LogP contribution is -2.54. The molecule has 0 amide bonds. The second kappa shape index (κ2) is 4.46. The summed E-state index contributed by atoms with van der Waals surface area (Å²) in [5.74, 6) is 1.00. The Morgan fingerprint density at radius 1 is 1.40 bits per heavy atom. The monoisotopic (exact) mass is 288 g/mol. The Balaban J connectivity index is 1.66. The van der Waals surface area contributed by atoms with Gasteiger partial charge in [0.2, 0.25) is 0 Å². The van der Waals surface area contributed by atoms with Gasteiger partial charge < -0.3 is 10.2 Å². The molecule has 0 unspecified atom stereocenters. The first kappa shape index (κ1) is 12.2. The van der Waals surface area contributed by atoms with Crippen LogP contribution in [0.25, 0.3) is 10.7 Å². The third kappa shape index (κ3) is 1.89. The molecule has 0 saturated carbocycles. The largest absolute Gasteiger partial charge is 0.354 e. The Kier molecular flexibility index (Phi) is 2.71. The van der Waals surface area contributed by atoms with E-state index in [9.17, 15) is 0 Å². The van der Waals surface area contributed by atoms with Crippen molar-refractivity contribution < 1.29 is 0 Å². The molecule has 104 valence electrons. The van der Waals surface area contributed by atoms with Gasteiger partial charge in [0.1, 0.15) is 11.2 Å². The van der Waals surface area contributed by atoms with Crippen LogP contribution in [-0.4, -0.2) is 46.3 Å². The van der Waals surface area contributed by atoms with E-state index in [1.165, 1.54) is 17.8 Å². The first-order valence-electron chi connectivity index (χ1n) is 6.82. The number of rotatable bonds is 2. The van der Waals surface area contributed by atoms with Crippen molar-refractivity contribution in [2.45, 2.75) is 13.3 Å². The Bertz CT molecular complexity index is 622. The average molecular weight is 288 g/mol. The van der Waals surface area contributed by atoms with Gasteiger partial charge in [-0.1, -0.05) is 11.3 Å². The van der Waals surface area contributed by atoms with Gasteiger partial charge in [-0.15, -0.1) is 10.2 Å². The zero-order valence-corrected chi connectivity index (χ0v) is 12.2. The van der Waals surface area contributed by atoms with Gasteiger partial charge in [0.25, 0.3) is 0 Å². The number of nitrogens with zero attached hydrogens (tertiary/aromatic N) is 5. The minimum absolute atomic E-state index is 0.465. The van der Waals surface area contributed by atoms with Gasteiger partial charge in [-0.2, -0.15) is 0 Å². The van der Waals surface area contributed by atoms with Gasteiger partial charge in [0, 0.05) is 31.6 Å². The summed E-state index contributed by atoms with van der Waals surface area (Å²) in [6.07, 6.45) is 3.03. The molecule has 20 heavy (non-hydrogen) atoms. The number of hydrogen-bond donors (Lipinski definition) is 1. The molecule has 4 heterocycles. The molecule has 2 aromatic heterocycles. The Morgan fingerprint density at radius 3 is 2.95 bits per heavy atom. The smallest absolute Gasteiger partial charge is 0.167 e. The number of aromatic nitrogens is 4. The molecule has 2 aliphatic rings. The SMILES string of the molecule is Cc1ncc(-c2nncs2)nc1N1CCC2(CNC2)C1. The molecule has 4 rings (SSSR count). The van der Waals surface area contributed by atoms with E-state index in [2.05, 4.69) is 25.4 Å². The van der Waals surface area contributed by atoms with Crippen LogP contribution < -0.4 is 10.2 Å². The molecule has 0 bridgehead atoms. The van der Waals surface area contributed by atoms with E-state index >= 15 is 0 Å². The van der Waals surface area contributed by atoms with Crippen LogP contribution in [0.2, 0.25) is 0 Å². The van der Waals surface area contributed by atoms with Crippen molar-refractivity contribution >= 4 is 17.2 Å². The Morgan fingerprint density at radius 2 is 2.30 bits per heavy atom. The molecule has 0 radical (unpaired) electrons. The molecule has 2 fully saturated rings. The van der Waals surface area contributed by atoms with Gasteiger partial charge in [0.05, 0.1) is 11.9 Å². The van der Waals surface area contributed by atoms with Crippen LogP contribution in [0.5, 0.6) is 0 Å². The van der Waals surface area contributed by atoms with E-state index in [-0.39, 0.29) is 0 Å². The van der Waals surface area contributed by atoms with E-state index in [0.717, 1.165) is 48.4 Å². The molecule has 2 saturated heterocycles. The number of aryl methyl sites for hydroxylation is 1. The zero-order chi connectivity index (χ0) is 13.6. The van der Waals surface area contributed by atoms with Crippen LogP contribution in [0, 0.1) is 12.3 Å². The minimum atomic E-state index is 0.465. The molecular weight excluding hydrogens is 272 g/mol. The van der Waals surface area contributed by atoms with Crippen LogP contribution in [0.1, 0.15) is 12.1 Å². The fourth-order valence-electron chi connectivity index (χ4n) is 3.01. The van der Waals surface area contributed by atoms with E-state index in [0.29, 0.717) is 5.41 Å². The lowest BCUT2D eigenvalue weighted by molar-refractivity contribution is 0.199. The first-order valence-corrected chi connectivity index (χ1v) is 7.70. The maximum atomic E-state index is 4.77. The van der Waals surface area contributed by atoms with Crippen LogP contribution >= 0.6 is 11.3 Å². The summed E-state index contributed by atoms with van der Waals surface area (Å²) in [6, 6.07) is 0. The highest BCUT2D eigenvalue weighted by Gasteiger charge is 2.43. The molecule has 6 nitrogen and oxygen atoms in total. The first-order chi connectivity index (χ1) is 9.76. The van der Waals surface area contributed by atoms with E-state index in [4.69, 9.17) is 4.98 Å². The summed E-state index contributed by atoms with van der Waals surface area (Å²) in [4.78, 5) is 11.6. The number of hydrogen-bond acceptors (Lipinski definition) is 7. The maximum Gasteiger partial charge on any atom is 0.167 e. The lowest BCUT2D eigenvalue weighted by Gasteiger charge is -2.39. The standard InChI is InChI=1S/C13H16N6S/c1-9-11(19-3-2-13(7-19)5-14-6-13)17-10(4-15-9)12-18-16-8-20-12/h4,8,14H,2-3,5-7H2,1H3. The molecule has 2 aliphatic heterocycles. The molecule has 0 aliphatic carbocycles. The summed E-state index contributed by atoms with van der Waals surface area (Å²) in [6.45, 7) is 6.43. The van der Waals surface area contributed by atoms with Crippen molar-refractivity contribution in [3.05, 3.63) is 17.4 Å². The fraction of sp³-hybridized carbons (Fsp3) is 0.538. The summed E-state index contributed by atoms with van der Waals surface area (Å²) < 4.78 is 0. The van der Waals surface area contributed by atoms with Gasteiger partial charge in [0.15, 0.2) is 10.8 Å². The maximum absolute atomic E-state index is 4.77. The van der Waals surface area contributed by atoms with Crippen LogP contribution in [0.15, 0.2) is 11.7 Å². The summed E-state index contributed by atoms with van der Waals surface area (Å²) in [5.41, 5.74) is 4.00. The van der Waals surface area contributed by atoms with Gasteiger partial charge in [-0.3, -0.25) is 4.98 Å². The second-order valence-electron chi connectivity index (χ2n) is 5.68. The Hall–Kier alpha value is -1.60. The van der Waals surface area contributed by atoms with E-state index in [1.54, 1.807) is 11.7 Å². The molecule has 1 spiro atoms. The molecule has 1 N–H and O–H groups in total. The second-order valence-corrected chi connectivity index (χ2v) is 6.52. The van der Waals surface area contributed by atoms with E-state index < -0.39 is 0 Å². The topological polar surface area (TPSA) is 66.8 Å². The fourth-order valence-corrected chi connectivity index (χ4v) is 3.52. The third-order valence-electron chi connectivity index (χ3n) is 4.25. The zero-order valence-electron chi connectivity index (χ0n) is 11.3. The normalized spacial score (nSPS) is 20.4. The van der Waals surface area contributed by atoms with E-state index in [1.807, 2.05) is 6.92 Å². The lowest BCUT2D eigenvalue weighted by atomic mass is 9.81. The van der Waals surface area contributed by atoms with Gasteiger partial charge >= 0.3 is 0 Å². The molecule has 7 heteroatoms. The average Bonchev–Trinajstić information content (AvgIpc) is 3.08. The van der Waals surface area contributed by atoms with Crippen molar-refractivity contribution in [1.29, 1.82) is 0 Å². The quantitative estimate of drug-likeness (QED) is 0.893. The molecule has 0 aromatic carbocycles. The highest BCUT2D eigenvalue weighted by atomic mass is 32.1. The third-order valence-corrected chi connectivity index (χ3v) is 4.96. The van der Waals surface area contributed by atoms with Gasteiger partial charge in [-0.25, -0.2) is 4.98 Å². The van der Waals surface area contributed by atoms with Crippen LogP contribution in [0.4, 0.5) is 5.82 Å². The van der Waals surface area contributed by atoms with Crippen molar-refractivity contribution in [3.8, 4) is 10.7 Å². The number of nitrogens with one attached hydrogen (secondary N) is 1. The highest BCUT2D eigenvalue weighted by molar-refractivity contribution is 7.12. The molecule has 2 aromatic rings. The highest BCUT2D eigenvalue weighted by Crippen LogP contribution is 2.37. The van der Waals surface area contributed by atoms with Crippen LogP contribution in [0.3, 0.4) is 0 Å². The predicted octanol–water partition coefficient (Wildman–Crippen LogP) is 1.10. The van der Waals surface area contributed by atoms with Crippen molar-refractivity contribution in [3.63, 3.8) is 0 Å². The van der Waals surface area contributed by atoms with Crippen molar-refractivity contribution in [2.24, 2.45) is 5.41 Å². The Labute approximate surface area is 121 Å². The summed E-state index contributed by atoms with van der Waals surface area (Å²) >= 11 is 1.50. The summed E-state index contributed by atoms with van der Waals surface area (Å²) in [7, 11) is 0. The molecule has 0 atom stereocenters. The van der Waals surface area contributed by atoms with Gasteiger partial charge in [-0.05, 0) is 13.3 Å². The summed E-state index contributed by atoms with van der Waals surface area (Å²) in [5, 5.41) is 12.2. The minimum Gasteiger partial charge on any atom is -0.354 e. The number of anilines is 1. The van der Waals surface area contributed by atoms with Crippen molar-refractivity contribution in [1.82, 2.24) is 25.5 Å². The van der Waals surface area contributed by atoms with Crippen LogP contribution in [-0.2, 0) is 0 Å². The predicted molar refractivity (Wildman–Crippen MR) is 77.8 cm³/mol. The van der Waals surface area contributed by atoms with Crippen molar-refractivity contribution in [2.75, 3.05) is 31.1 Å². The molecular formula is C13H16N6S.